The Hall–Kier alpha value is -0.353. The first-order valence-electron chi connectivity index (χ1n) is 9.07. The van der Waals surface area contributed by atoms with Gasteiger partial charge in [-0.2, -0.15) is 0 Å². The third-order valence-electron chi connectivity index (χ3n) is 5.04. The average Bonchev–Trinajstić information content (AvgIpc) is 2.47. The number of halogens is 1. The summed E-state index contributed by atoms with van der Waals surface area (Å²) in [4.78, 5) is 2.58. The first-order valence-corrected chi connectivity index (χ1v) is 12.4. The fourth-order valence-corrected chi connectivity index (χ4v) is 7.94. The number of rotatable bonds is 7. The first-order chi connectivity index (χ1) is 10.9. The molecule has 23 heavy (non-hydrogen) atoms. The zero-order chi connectivity index (χ0) is 16.9. The molecule has 1 saturated heterocycles. The van der Waals surface area contributed by atoms with Gasteiger partial charge in [0.05, 0.1) is 20.3 Å². The summed E-state index contributed by atoms with van der Waals surface area (Å²) in [5.41, 5.74) is 0. The highest BCUT2D eigenvalue weighted by Crippen LogP contribution is 2.22. The normalized spacial score (nSPS) is 25.3. The lowest BCUT2D eigenvalue weighted by atomic mass is 10.2. The van der Waals surface area contributed by atoms with E-state index in [1.165, 1.54) is 31.5 Å². The molecule has 0 bridgehead atoms. The maximum absolute atomic E-state index is 6.07. The summed E-state index contributed by atoms with van der Waals surface area (Å²) in [6.45, 7) is 12.6. The molecule has 130 valence electrons. The van der Waals surface area contributed by atoms with Gasteiger partial charge in [0.25, 0.3) is 0 Å². The quantitative estimate of drug-likeness (QED) is 0.667. The van der Waals surface area contributed by atoms with Crippen molar-refractivity contribution in [2.24, 2.45) is 0 Å². The molecular formula is C19H32ClNOSi. The second kappa shape index (κ2) is 8.66. The van der Waals surface area contributed by atoms with Crippen LogP contribution in [0.3, 0.4) is 0 Å². The van der Waals surface area contributed by atoms with Crippen LogP contribution < -0.4 is 5.19 Å². The molecule has 0 amide bonds. The van der Waals surface area contributed by atoms with Gasteiger partial charge in [0.1, 0.15) is 0 Å². The van der Waals surface area contributed by atoms with Gasteiger partial charge in [-0.3, -0.25) is 4.90 Å². The summed E-state index contributed by atoms with van der Waals surface area (Å²) in [6, 6.07) is 11.4. The van der Waals surface area contributed by atoms with E-state index in [0.29, 0.717) is 12.2 Å². The van der Waals surface area contributed by atoms with E-state index in [2.05, 4.69) is 56.5 Å². The third-order valence-corrected chi connectivity index (χ3v) is 10.1. The summed E-state index contributed by atoms with van der Waals surface area (Å²) in [5, 5.41) is 2.41. The van der Waals surface area contributed by atoms with E-state index >= 15 is 0 Å². The number of morpholine rings is 1. The van der Waals surface area contributed by atoms with Crippen LogP contribution in [0.1, 0.15) is 33.6 Å². The van der Waals surface area contributed by atoms with Crippen LogP contribution in [0, 0.1) is 0 Å². The SMILES string of the molecule is CCC[Si](C)(CCCN1CC(C)OC(C)C1)c1ccc(Cl)cc1. The van der Waals surface area contributed by atoms with E-state index in [9.17, 15) is 0 Å². The van der Waals surface area contributed by atoms with Crippen LogP contribution in [0.4, 0.5) is 0 Å². The number of nitrogens with zero attached hydrogens (tertiary/aromatic N) is 1. The van der Waals surface area contributed by atoms with E-state index < -0.39 is 8.07 Å². The van der Waals surface area contributed by atoms with Crippen LogP contribution in [0.15, 0.2) is 24.3 Å². The molecule has 0 spiro atoms. The lowest BCUT2D eigenvalue weighted by Gasteiger charge is -2.36. The average molecular weight is 354 g/mol. The number of ether oxygens (including phenoxy) is 1. The zero-order valence-corrected chi connectivity index (χ0v) is 16.9. The Kier molecular flexibility index (Phi) is 7.14. The fourth-order valence-electron chi connectivity index (χ4n) is 3.98. The minimum atomic E-state index is -1.38. The molecule has 1 fully saturated rings. The lowest BCUT2D eigenvalue weighted by molar-refractivity contribution is -0.0677. The van der Waals surface area contributed by atoms with Crippen LogP contribution in [0.5, 0.6) is 0 Å². The molecule has 2 nitrogen and oxygen atoms in total. The minimum Gasteiger partial charge on any atom is -0.373 e. The molecule has 4 heteroatoms. The second-order valence-corrected chi connectivity index (χ2v) is 12.6. The number of hydrogen-bond donors (Lipinski definition) is 0. The van der Waals surface area contributed by atoms with Crippen molar-refractivity contribution >= 4 is 24.9 Å². The molecule has 0 aliphatic carbocycles. The Morgan fingerprint density at radius 2 is 1.74 bits per heavy atom. The molecule has 1 aromatic carbocycles. The highest BCUT2D eigenvalue weighted by atomic mass is 35.5. The molecule has 0 N–H and O–H groups in total. The fraction of sp³-hybridized carbons (Fsp3) is 0.684. The molecule has 1 heterocycles. The molecule has 1 aromatic rings. The van der Waals surface area contributed by atoms with Crippen molar-refractivity contribution in [1.82, 2.24) is 4.90 Å². The molecule has 3 atom stereocenters. The molecule has 0 radical (unpaired) electrons. The topological polar surface area (TPSA) is 12.5 Å². The van der Waals surface area contributed by atoms with E-state index in [1.807, 2.05) is 0 Å². The van der Waals surface area contributed by atoms with Crippen molar-refractivity contribution in [2.45, 2.75) is 64.5 Å². The van der Waals surface area contributed by atoms with Gasteiger partial charge >= 0.3 is 0 Å². The van der Waals surface area contributed by atoms with Crippen molar-refractivity contribution in [3.8, 4) is 0 Å². The van der Waals surface area contributed by atoms with Gasteiger partial charge in [-0.1, -0.05) is 60.9 Å². The maximum Gasteiger partial charge on any atom is 0.0837 e. The highest BCUT2D eigenvalue weighted by Gasteiger charge is 2.29. The van der Waals surface area contributed by atoms with Gasteiger partial charge < -0.3 is 4.74 Å². The maximum atomic E-state index is 6.07. The lowest BCUT2D eigenvalue weighted by Crippen LogP contribution is -2.47. The van der Waals surface area contributed by atoms with Crippen LogP contribution in [-0.4, -0.2) is 44.8 Å². The van der Waals surface area contributed by atoms with Crippen LogP contribution >= 0.6 is 11.6 Å². The molecule has 1 aliphatic rings. The zero-order valence-electron chi connectivity index (χ0n) is 15.1. The minimum absolute atomic E-state index is 0.370. The van der Waals surface area contributed by atoms with Crippen molar-refractivity contribution in [3.63, 3.8) is 0 Å². The molecular weight excluding hydrogens is 322 g/mol. The Bertz CT molecular complexity index is 471. The largest absolute Gasteiger partial charge is 0.373 e. The number of hydrogen-bond acceptors (Lipinski definition) is 2. The van der Waals surface area contributed by atoms with Crippen LogP contribution in [0.2, 0.25) is 23.7 Å². The van der Waals surface area contributed by atoms with Gasteiger partial charge in [0.2, 0.25) is 0 Å². The van der Waals surface area contributed by atoms with Crippen molar-refractivity contribution < 1.29 is 4.74 Å². The third kappa shape index (κ3) is 5.59. The van der Waals surface area contributed by atoms with Gasteiger partial charge in [0.15, 0.2) is 0 Å². The van der Waals surface area contributed by atoms with E-state index in [-0.39, 0.29) is 0 Å². The van der Waals surface area contributed by atoms with Gasteiger partial charge in [-0.05, 0) is 38.9 Å². The summed E-state index contributed by atoms with van der Waals surface area (Å²) in [7, 11) is -1.38. The predicted octanol–water partition coefficient (Wildman–Crippen LogP) is 4.53. The van der Waals surface area contributed by atoms with Crippen molar-refractivity contribution in [1.29, 1.82) is 0 Å². The smallest absolute Gasteiger partial charge is 0.0837 e. The Balaban J connectivity index is 1.92. The first kappa shape index (κ1) is 19.0. The Labute approximate surface area is 148 Å². The molecule has 2 rings (SSSR count). The number of benzene rings is 1. The molecule has 3 unspecified atom stereocenters. The van der Waals surface area contributed by atoms with Crippen molar-refractivity contribution in [3.05, 3.63) is 29.3 Å². The van der Waals surface area contributed by atoms with Gasteiger partial charge in [-0.15, -0.1) is 0 Å². The Morgan fingerprint density at radius 3 is 2.30 bits per heavy atom. The standard InChI is InChI=1S/C19H32ClNOSi/c1-5-12-23(4,19-9-7-18(20)8-10-19)13-6-11-21-14-16(2)22-17(3)15-21/h7-10,16-17H,5-6,11-15H2,1-4H3. The summed E-state index contributed by atoms with van der Waals surface area (Å²) >= 11 is 6.07. The molecule has 1 aliphatic heterocycles. The predicted molar refractivity (Wildman–Crippen MR) is 104 cm³/mol. The van der Waals surface area contributed by atoms with Gasteiger partial charge in [-0.25, -0.2) is 0 Å². The van der Waals surface area contributed by atoms with Crippen molar-refractivity contribution in [2.75, 3.05) is 19.6 Å². The van der Waals surface area contributed by atoms with Crippen LogP contribution in [0.25, 0.3) is 0 Å². The molecule has 0 saturated carbocycles. The van der Waals surface area contributed by atoms with E-state index in [1.54, 1.807) is 5.19 Å². The summed E-state index contributed by atoms with van der Waals surface area (Å²) in [6.07, 6.45) is 3.31. The molecule has 0 aromatic heterocycles. The summed E-state index contributed by atoms with van der Waals surface area (Å²) in [5.74, 6) is 0. The Morgan fingerprint density at radius 1 is 1.13 bits per heavy atom. The second-order valence-electron chi connectivity index (χ2n) is 7.44. The monoisotopic (exact) mass is 353 g/mol. The van der Waals surface area contributed by atoms with Crippen LogP contribution in [-0.2, 0) is 4.74 Å². The van der Waals surface area contributed by atoms with Gasteiger partial charge in [0, 0.05) is 18.1 Å². The summed E-state index contributed by atoms with van der Waals surface area (Å²) < 4.78 is 5.84. The van der Waals surface area contributed by atoms with E-state index in [4.69, 9.17) is 16.3 Å². The highest BCUT2D eigenvalue weighted by molar-refractivity contribution is 6.90. The van der Waals surface area contributed by atoms with E-state index in [0.717, 1.165) is 18.1 Å².